The number of anilines is 2. The third kappa shape index (κ3) is 9.84. The Bertz CT molecular complexity index is 1580. The minimum atomic E-state index is -0.558. The largest absolute Gasteiger partial charge is 0.397 e. The summed E-state index contributed by atoms with van der Waals surface area (Å²) in [5, 5.41) is 24.5. The van der Waals surface area contributed by atoms with Crippen molar-refractivity contribution in [3.05, 3.63) is 100 Å². The molecule has 10 nitrogen and oxygen atoms in total. The molecule has 2 heterocycles. The first-order valence-electron chi connectivity index (χ1n) is 15.3. The van der Waals surface area contributed by atoms with E-state index in [-0.39, 0.29) is 30.6 Å². The number of ether oxygens (including phenoxy) is 2. The molecule has 1 fully saturated rings. The van der Waals surface area contributed by atoms with E-state index in [9.17, 15) is 14.7 Å². The standard InChI is InChI=1S/C34H39N5O5S2/c1-22-38-39-34(46-22)45-21-27-18-30(25-14-12-24(20-40)13-15-25)44-33(43-27)26-16-10-23(11-17-26)19-36-31(41)8-4-5-9-32(42)37-29-7-3-2-6-28(29)35/h2-3,6-7,10-17,27,30,33,40H,4-5,8-9,18-21,35H2,1H3,(H,36,41)(H,37,42)/t27-,30+,33+/m0/s1. The number of aromatic nitrogens is 2. The number of aryl methyl sites for hydroxylation is 1. The first-order chi connectivity index (χ1) is 22.4. The van der Waals surface area contributed by atoms with Gasteiger partial charge in [0.25, 0.3) is 0 Å². The molecule has 1 saturated heterocycles. The molecule has 46 heavy (non-hydrogen) atoms. The van der Waals surface area contributed by atoms with E-state index < -0.39 is 6.29 Å². The lowest BCUT2D eigenvalue weighted by Crippen LogP contribution is -2.31. The Morgan fingerprint density at radius 1 is 0.935 bits per heavy atom. The summed E-state index contributed by atoms with van der Waals surface area (Å²) in [6.45, 7) is 2.34. The van der Waals surface area contributed by atoms with Gasteiger partial charge >= 0.3 is 0 Å². The Balaban J connectivity index is 1.10. The number of aliphatic hydroxyl groups excluding tert-OH is 1. The molecule has 0 radical (unpaired) electrons. The van der Waals surface area contributed by atoms with Crippen LogP contribution in [0.5, 0.6) is 0 Å². The highest BCUT2D eigenvalue weighted by atomic mass is 32.2. The first-order valence-corrected chi connectivity index (χ1v) is 17.1. The molecular formula is C34H39N5O5S2. The van der Waals surface area contributed by atoms with E-state index >= 15 is 0 Å². The van der Waals surface area contributed by atoms with Crippen LogP contribution in [-0.4, -0.2) is 39.0 Å². The van der Waals surface area contributed by atoms with Gasteiger partial charge in [-0.25, -0.2) is 0 Å². The fourth-order valence-corrected chi connectivity index (χ4v) is 6.86. The molecule has 5 N–H and O–H groups in total. The third-order valence-electron chi connectivity index (χ3n) is 7.55. The van der Waals surface area contributed by atoms with Crippen LogP contribution in [0.25, 0.3) is 0 Å². The second-order valence-corrected chi connectivity index (χ2v) is 13.6. The summed E-state index contributed by atoms with van der Waals surface area (Å²) in [7, 11) is 0. The molecule has 0 spiro atoms. The first kappa shape index (κ1) is 33.6. The van der Waals surface area contributed by atoms with Crippen LogP contribution in [0.2, 0.25) is 0 Å². The molecule has 4 aromatic rings. The summed E-state index contributed by atoms with van der Waals surface area (Å²) in [6, 6.07) is 22.8. The lowest BCUT2D eigenvalue weighted by molar-refractivity contribution is -0.245. The number of hydrogen-bond acceptors (Lipinski definition) is 10. The van der Waals surface area contributed by atoms with Gasteiger partial charge in [-0.05, 0) is 48.6 Å². The van der Waals surface area contributed by atoms with E-state index in [0.29, 0.717) is 50.0 Å². The van der Waals surface area contributed by atoms with Crippen molar-refractivity contribution in [1.82, 2.24) is 15.5 Å². The molecule has 1 aromatic heterocycles. The van der Waals surface area contributed by atoms with Crippen molar-refractivity contribution in [3.63, 3.8) is 0 Å². The van der Waals surface area contributed by atoms with Crippen LogP contribution in [0.1, 0.15) is 71.8 Å². The lowest BCUT2D eigenvalue weighted by atomic mass is 10.0. The van der Waals surface area contributed by atoms with Crippen molar-refractivity contribution in [2.45, 2.75) is 75.0 Å². The molecule has 5 rings (SSSR count). The summed E-state index contributed by atoms with van der Waals surface area (Å²) >= 11 is 3.21. The zero-order valence-electron chi connectivity index (χ0n) is 25.7. The number of nitrogens with two attached hydrogens (primary N) is 1. The number of nitrogen functional groups attached to an aromatic ring is 1. The van der Waals surface area contributed by atoms with Gasteiger partial charge in [0.2, 0.25) is 11.8 Å². The number of carbonyl (C=O) groups is 2. The molecule has 1 aliphatic heterocycles. The highest BCUT2D eigenvalue weighted by Gasteiger charge is 2.32. The Kier molecular flexibility index (Phi) is 12.2. The zero-order chi connectivity index (χ0) is 32.3. The van der Waals surface area contributed by atoms with Gasteiger partial charge < -0.3 is 30.9 Å². The quantitative estimate of drug-likeness (QED) is 0.0717. The van der Waals surface area contributed by atoms with Crippen molar-refractivity contribution in [2.24, 2.45) is 0 Å². The number of para-hydroxylation sites is 2. The predicted molar refractivity (Wildman–Crippen MR) is 180 cm³/mol. The number of carbonyl (C=O) groups excluding carboxylic acids is 2. The average molecular weight is 662 g/mol. The summed E-state index contributed by atoms with van der Waals surface area (Å²) in [4.78, 5) is 24.6. The van der Waals surface area contributed by atoms with Crippen molar-refractivity contribution < 1.29 is 24.2 Å². The molecule has 1 aliphatic rings. The normalized spacial score (nSPS) is 17.8. The molecule has 242 valence electrons. The summed E-state index contributed by atoms with van der Waals surface area (Å²) in [5.74, 6) is 0.542. The van der Waals surface area contributed by atoms with Gasteiger partial charge in [-0.1, -0.05) is 83.8 Å². The Labute approximate surface area is 277 Å². The fourth-order valence-electron chi connectivity index (χ4n) is 5.00. The molecule has 0 bridgehead atoms. The number of amides is 2. The average Bonchev–Trinajstić information content (AvgIpc) is 3.50. The number of aliphatic hydroxyl groups is 1. The van der Waals surface area contributed by atoms with Gasteiger partial charge in [0.15, 0.2) is 10.6 Å². The van der Waals surface area contributed by atoms with E-state index in [4.69, 9.17) is 15.2 Å². The van der Waals surface area contributed by atoms with Crippen LogP contribution in [0.15, 0.2) is 77.1 Å². The molecule has 0 aliphatic carbocycles. The van der Waals surface area contributed by atoms with E-state index in [2.05, 4.69) is 20.8 Å². The monoisotopic (exact) mass is 661 g/mol. The van der Waals surface area contributed by atoms with Crippen LogP contribution < -0.4 is 16.4 Å². The van der Waals surface area contributed by atoms with Crippen LogP contribution >= 0.6 is 23.1 Å². The molecular weight excluding hydrogens is 623 g/mol. The van der Waals surface area contributed by atoms with Crippen molar-refractivity contribution in [2.75, 3.05) is 16.8 Å². The Morgan fingerprint density at radius 3 is 2.33 bits per heavy atom. The van der Waals surface area contributed by atoms with Gasteiger partial charge in [0, 0.05) is 37.1 Å². The lowest BCUT2D eigenvalue weighted by Gasteiger charge is -2.36. The van der Waals surface area contributed by atoms with Gasteiger partial charge in [-0.3, -0.25) is 9.59 Å². The topological polar surface area (TPSA) is 149 Å². The molecule has 3 atom stereocenters. The van der Waals surface area contributed by atoms with Crippen LogP contribution in [0, 0.1) is 6.92 Å². The molecule has 12 heteroatoms. The minimum absolute atomic E-state index is 0.00491. The minimum Gasteiger partial charge on any atom is -0.397 e. The summed E-state index contributed by atoms with van der Waals surface area (Å²) < 4.78 is 13.8. The second-order valence-electron chi connectivity index (χ2n) is 11.1. The molecule has 0 saturated carbocycles. The smallest absolute Gasteiger partial charge is 0.224 e. The van der Waals surface area contributed by atoms with E-state index in [0.717, 1.165) is 37.4 Å². The van der Waals surface area contributed by atoms with Gasteiger partial charge in [-0.15, -0.1) is 10.2 Å². The van der Waals surface area contributed by atoms with Gasteiger partial charge in [0.1, 0.15) is 5.01 Å². The van der Waals surface area contributed by atoms with Crippen molar-refractivity contribution >= 4 is 46.3 Å². The second kappa shape index (κ2) is 16.7. The van der Waals surface area contributed by atoms with Gasteiger partial charge in [-0.2, -0.15) is 0 Å². The van der Waals surface area contributed by atoms with Gasteiger partial charge in [0.05, 0.1) is 30.2 Å². The number of nitrogens with one attached hydrogen (secondary N) is 2. The number of rotatable bonds is 14. The highest BCUT2D eigenvalue weighted by Crippen LogP contribution is 2.39. The summed E-state index contributed by atoms with van der Waals surface area (Å²) in [6.07, 6.45) is 1.78. The molecule has 0 unspecified atom stereocenters. The maximum atomic E-state index is 12.4. The third-order valence-corrected chi connectivity index (χ3v) is 9.65. The maximum absolute atomic E-state index is 12.4. The SMILES string of the molecule is Cc1nnc(SC[C@@H]2C[C@H](c3ccc(CO)cc3)O[C@H](c3ccc(CNC(=O)CCCCC(=O)Nc4ccccc4N)cc3)O2)s1. The maximum Gasteiger partial charge on any atom is 0.224 e. The number of thioether (sulfide) groups is 1. The molecule has 3 aromatic carbocycles. The van der Waals surface area contributed by atoms with Crippen LogP contribution in [0.3, 0.4) is 0 Å². The van der Waals surface area contributed by atoms with Crippen molar-refractivity contribution in [3.8, 4) is 0 Å². The zero-order valence-corrected chi connectivity index (χ0v) is 27.3. The van der Waals surface area contributed by atoms with E-state index in [1.54, 1.807) is 35.2 Å². The molecule has 2 amide bonds. The number of unbranched alkanes of at least 4 members (excludes halogenated alkanes) is 1. The van der Waals surface area contributed by atoms with E-state index in [1.165, 1.54) is 0 Å². The van der Waals surface area contributed by atoms with Crippen LogP contribution in [-0.2, 0) is 32.2 Å². The van der Waals surface area contributed by atoms with Crippen LogP contribution in [0.4, 0.5) is 11.4 Å². The Morgan fingerprint density at radius 2 is 1.63 bits per heavy atom. The number of hydrogen-bond donors (Lipinski definition) is 4. The highest BCUT2D eigenvalue weighted by molar-refractivity contribution is 8.01. The van der Waals surface area contributed by atoms with E-state index in [1.807, 2.05) is 67.6 Å². The number of nitrogens with zero attached hydrogens (tertiary/aromatic N) is 2. The Hall–Kier alpha value is -3.81. The van der Waals surface area contributed by atoms with Crippen molar-refractivity contribution in [1.29, 1.82) is 0 Å². The summed E-state index contributed by atoms with van der Waals surface area (Å²) in [5.41, 5.74) is 10.7. The fraction of sp³-hybridized carbons (Fsp3) is 0.353. The predicted octanol–water partition coefficient (Wildman–Crippen LogP) is 6.07. The number of benzene rings is 3.